The number of carbonyl (C=O) groups excluding carboxylic acids is 3. The Morgan fingerprint density at radius 2 is 1.37 bits per heavy atom. The van der Waals surface area contributed by atoms with E-state index in [1.54, 1.807) is 31.4 Å². The molecule has 0 atom stereocenters. The van der Waals surface area contributed by atoms with Gasteiger partial charge in [-0.25, -0.2) is 4.79 Å². The summed E-state index contributed by atoms with van der Waals surface area (Å²) < 4.78 is 16.4. The predicted molar refractivity (Wildman–Crippen MR) is 109 cm³/mol. The van der Waals surface area contributed by atoms with Gasteiger partial charge in [0.2, 0.25) is 0 Å². The van der Waals surface area contributed by atoms with E-state index in [0.29, 0.717) is 30.3 Å². The van der Waals surface area contributed by atoms with Crippen LogP contribution in [-0.4, -0.2) is 62.1 Å². The van der Waals surface area contributed by atoms with E-state index in [9.17, 15) is 14.4 Å². The van der Waals surface area contributed by atoms with Crippen LogP contribution in [0.1, 0.15) is 5.56 Å². The normalized spacial score (nSPS) is 14.1. The second-order valence-electron chi connectivity index (χ2n) is 6.51. The van der Waals surface area contributed by atoms with Crippen molar-refractivity contribution in [2.75, 3.05) is 34.4 Å². The number of hydrogen-bond acceptors (Lipinski definition) is 6. The van der Waals surface area contributed by atoms with Gasteiger partial charge in [-0.2, -0.15) is 0 Å². The van der Waals surface area contributed by atoms with E-state index >= 15 is 0 Å². The minimum Gasteiger partial charge on any atom is -0.497 e. The number of likely N-dealkylation sites (N-methyl/N-ethyl adjacent to an activating group) is 2. The minimum atomic E-state index is -0.656. The summed E-state index contributed by atoms with van der Waals surface area (Å²) in [6, 6.07) is 13.5. The maximum absolute atomic E-state index is 12.3. The fourth-order valence-electron chi connectivity index (χ4n) is 2.83. The van der Waals surface area contributed by atoms with Crippen LogP contribution in [0.2, 0.25) is 0 Å². The molecule has 8 heteroatoms. The molecule has 1 saturated heterocycles. The number of barbiturate groups is 1. The molecule has 30 heavy (non-hydrogen) atoms. The molecule has 0 aliphatic carbocycles. The molecule has 1 aliphatic rings. The van der Waals surface area contributed by atoms with Crippen LogP contribution < -0.4 is 14.2 Å². The smallest absolute Gasteiger partial charge is 0.333 e. The van der Waals surface area contributed by atoms with Gasteiger partial charge in [0.25, 0.3) is 11.8 Å². The first-order valence-corrected chi connectivity index (χ1v) is 9.22. The first-order valence-electron chi connectivity index (χ1n) is 9.22. The van der Waals surface area contributed by atoms with Gasteiger partial charge < -0.3 is 14.2 Å². The Balaban J connectivity index is 1.61. The van der Waals surface area contributed by atoms with E-state index in [-0.39, 0.29) is 5.57 Å². The van der Waals surface area contributed by atoms with Gasteiger partial charge in [-0.3, -0.25) is 19.4 Å². The van der Waals surface area contributed by atoms with Gasteiger partial charge in [-0.15, -0.1) is 0 Å². The number of amides is 4. The molecule has 0 saturated carbocycles. The molecule has 156 valence electrons. The van der Waals surface area contributed by atoms with Gasteiger partial charge in [-0.1, -0.05) is 12.1 Å². The molecular weight excluding hydrogens is 388 g/mol. The lowest BCUT2D eigenvalue weighted by atomic mass is 10.1. The zero-order valence-electron chi connectivity index (χ0n) is 17.0. The third-order valence-electron chi connectivity index (χ3n) is 4.49. The summed E-state index contributed by atoms with van der Waals surface area (Å²) in [7, 11) is 4.28. The Labute approximate surface area is 174 Å². The maximum Gasteiger partial charge on any atom is 0.333 e. The SMILES string of the molecule is COc1ccc(OCCOc2cccc(C=C3C(=O)N(C)C(=O)N(C)C3=O)c2)cc1. The molecule has 4 amide bonds. The van der Waals surface area contributed by atoms with Crippen LogP contribution >= 0.6 is 0 Å². The van der Waals surface area contributed by atoms with E-state index in [4.69, 9.17) is 14.2 Å². The van der Waals surface area contributed by atoms with E-state index in [1.807, 2.05) is 24.3 Å². The van der Waals surface area contributed by atoms with Gasteiger partial charge in [0, 0.05) is 14.1 Å². The van der Waals surface area contributed by atoms with Crippen LogP contribution in [0, 0.1) is 0 Å². The topological polar surface area (TPSA) is 85.4 Å². The number of nitrogens with zero attached hydrogens (tertiary/aromatic N) is 2. The molecule has 0 bridgehead atoms. The summed E-state index contributed by atoms with van der Waals surface area (Å²) in [6.07, 6.45) is 1.45. The lowest BCUT2D eigenvalue weighted by molar-refractivity contribution is -0.134. The van der Waals surface area contributed by atoms with Crippen LogP contribution in [0.15, 0.2) is 54.1 Å². The van der Waals surface area contributed by atoms with Crippen molar-refractivity contribution in [3.63, 3.8) is 0 Å². The average molecular weight is 410 g/mol. The molecule has 0 unspecified atom stereocenters. The summed E-state index contributed by atoms with van der Waals surface area (Å²) in [6.45, 7) is 0.649. The fourth-order valence-corrected chi connectivity index (χ4v) is 2.83. The molecule has 2 aromatic rings. The highest BCUT2D eigenvalue weighted by Gasteiger charge is 2.37. The van der Waals surface area contributed by atoms with Crippen LogP contribution in [0.5, 0.6) is 17.2 Å². The zero-order valence-corrected chi connectivity index (χ0v) is 17.0. The Hall–Kier alpha value is -3.81. The summed E-state index contributed by atoms with van der Waals surface area (Å²) in [5, 5.41) is 0. The zero-order chi connectivity index (χ0) is 21.7. The Kier molecular flexibility index (Phi) is 6.36. The second-order valence-corrected chi connectivity index (χ2v) is 6.51. The van der Waals surface area contributed by atoms with E-state index in [1.165, 1.54) is 20.2 Å². The fraction of sp³-hybridized carbons (Fsp3) is 0.227. The standard InChI is InChI=1S/C22H22N2O6/c1-23-20(25)19(21(26)24(2)22(23)27)14-15-5-4-6-18(13-15)30-12-11-29-17-9-7-16(28-3)8-10-17/h4-10,13-14H,11-12H2,1-3H3. The average Bonchev–Trinajstić information content (AvgIpc) is 2.77. The van der Waals surface area contributed by atoms with Gasteiger partial charge in [-0.05, 0) is 48.0 Å². The van der Waals surface area contributed by atoms with Gasteiger partial charge >= 0.3 is 6.03 Å². The summed E-state index contributed by atoms with van der Waals surface area (Å²) >= 11 is 0. The van der Waals surface area contributed by atoms with Gasteiger partial charge in [0.15, 0.2) is 0 Å². The molecule has 1 aliphatic heterocycles. The van der Waals surface area contributed by atoms with Gasteiger partial charge in [0.05, 0.1) is 7.11 Å². The number of benzene rings is 2. The highest BCUT2D eigenvalue weighted by molar-refractivity contribution is 6.30. The van der Waals surface area contributed by atoms with Crippen molar-refractivity contribution >= 4 is 23.9 Å². The monoisotopic (exact) mass is 410 g/mol. The largest absolute Gasteiger partial charge is 0.497 e. The molecule has 0 spiro atoms. The molecule has 1 fully saturated rings. The van der Waals surface area contributed by atoms with E-state index in [2.05, 4.69) is 0 Å². The lowest BCUT2D eigenvalue weighted by Gasteiger charge is -2.28. The summed E-state index contributed by atoms with van der Waals surface area (Å²) in [5.41, 5.74) is 0.524. The first-order chi connectivity index (χ1) is 14.4. The van der Waals surface area contributed by atoms with Crippen molar-refractivity contribution in [3.8, 4) is 17.2 Å². The second kappa shape index (κ2) is 9.13. The Morgan fingerprint density at radius 1 is 0.800 bits per heavy atom. The highest BCUT2D eigenvalue weighted by Crippen LogP contribution is 2.21. The predicted octanol–water partition coefficient (Wildman–Crippen LogP) is 2.59. The summed E-state index contributed by atoms with van der Waals surface area (Å²) in [4.78, 5) is 38.2. The third kappa shape index (κ3) is 4.60. The van der Waals surface area contributed by atoms with Crippen molar-refractivity contribution < 1.29 is 28.6 Å². The molecule has 1 heterocycles. The van der Waals surface area contributed by atoms with Crippen molar-refractivity contribution in [1.82, 2.24) is 9.80 Å². The molecule has 8 nitrogen and oxygen atoms in total. The van der Waals surface area contributed by atoms with Crippen molar-refractivity contribution in [2.24, 2.45) is 0 Å². The molecular formula is C22H22N2O6. The minimum absolute atomic E-state index is 0.0837. The number of urea groups is 1. The van der Waals surface area contributed by atoms with Crippen molar-refractivity contribution in [1.29, 1.82) is 0 Å². The Bertz CT molecular complexity index is 957. The highest BCUT2D eigenvalue weighted by atomic mass is 16.5. The van der Waals surface area contributed by atoms with Crippen LogP contribution in [0.25, 0.3) is 6.08 Å². The number of ether oxygens (including phenoxy) is 3. The molecule has 0 N–H and O–H groups in total. The summed E-state index contributed by atoms with van der Waals surface area (Å²) in [5.74, 6) is 0.747. The van der Waals surface area contributed by atoms with Crippen LogP contribution in [-0.2, 0) is 9.59 Å². The van der Waals surface area contributed by atoms with E-state index in [0.717, 1.165) is 15.5 Å². The number of carbonyl (C=O) groups is 3. The molecule has 3 rings (SSSR count). The number of hydrogen-bond donors (Lipinski definition) is 0. The lowest BCUT2D eigenvalue weighted by Crippen LogP contribution is -2.52. The van der Waals surface area contributed by atoms with E-state index < -0.39 is 17.8 Å². The molecule has 2 aromatic carbocycles. The maximum atomic E-state index is 12.3. The number of imide groups is 2. The number of rotatable bonds is 7. The van der Waals surface area contributed by atoms with Crippen molar-refractivity contribution in [2.45, 2.75) is 0 Å². The molecule has 0 aromatic heterocycles. The van der Waals surface area contributed by atoms with Crippen LogP contribution in [0.4, 0.5) is 4.79 Å². The quantitative estimate of drug-likeness (QED) is 0.396. The molecule has 0 radical (unpaired) electrons. The third-order valence-corrected chi connectivity index (χ3v) is 4.49. The van der Waals surface area contributed by atoms with Gasteiger partial charge in [0.1, 0.15) is 36.0 Å². The Morgan fingerprint density at radius 3 is 1.97 bits per heavy atom. The van der Waals surface area contributed by atoms with Crippen LogP contribution in [0.3, 0.4) is 0 Å². The number of methoxy groups -OCH3 is 1. The first kappa shape index (κ1) is 20.9. The van der Waals surface area contributed by atoms with Crippen molar-refractivity contribution in [3.05, 3.63) is 59.7 Å².